The van der Waals surface area contributed by atoms with Crippen molar-refractivity contribution in [3.63, 3.8) is 0 Å². The number of terminal acetylenes is 1. The minimum absolute atomic E-state index is 0.0232. The van der Waals surface area contributed by atoms with Gasteiger partial charge in [0, 0.05) is 30.0 Å². The molecule has 23 heavy (non-hydrogen) atoms. The lowest BCUT2D eigenvalue weighted by atomic mass is 10.1. The van der Waals surface area contributed by atoms with Crippen molar-refractivity contribution in [3.05, 3.63) is 29.6 Å². The molecule has 0 atom stereocenters. The molecule has 2 aromatic rings. The number of amides is 1. The molecule has 5 nitrogen and oxygen atoms in total. The summed E-state index contributed by atoms with van der Waals surface area (Å²) in [7, 11) is 0. The molecule has 3 rings (SSSR count). The van der Waals surface area contributed by atoms with Gasteiger partial charge in [0.25, 0.3) is 5.89 Å². The number of rotatable bonds is 6. The SMILES string of the molecule is C#CCCCC(=O)Nc1ccc(-c2nc(C3CC3)no2)cc1C. The van der Waals surface area contributed by atoms with Crippen molar-refractivity contribution in [1.29, 1.82) is 0 Å². The summed E-state index contributed by atoms with van der Waals surface area (Å²) >= 11 is 0. The van der Waals surface area contributed by atoms with E-state index in [1.54, 1.807) is 0 Å². The van der Waals surface area contributed by atoms with Gasteiger partial charge in [-0.15, -0.1) is 12.3 Å². The average molecular weight is 309 g/mol. The summed E-state index contributed by atoms with van der Waals surface area (Å²) in [6.07, 6.45) is 9.22. The lowest BCUT2D eigenvalue weighted by Crippen LogP contribution is -2.11. The summed E-state index contributed by atoms with van der Waals surface area (Å²) < 4.78 is 5.33. The van der Waals surface area contributed by atoms with Gasteiger partial charge in [0.2, 0.25) is 5.91 Å². The van der Waals surface area contributed by atoms with Gasteiger partial charge in [-0.2, -0.15) is 4.98 Å². The number of nitrogens with zero attached hydrogens (tertiary/aromatic N) is 2. The molecule has 1 aromatic carbocycles. The first kappa shape index (κ1) is 15.3. The van der Waals surface area contributed by atoms with Gasteiger partial charge in [-0.3, -0.25) is 4.79 Å². The van der Waals surface area contributed by atoms with E-state index in [2.05, 4.69) is 21.4 Å². The third-order valence-corrected chi connectivity index (χ3v) is 3.86. The standard InChI is InChI=1S/C18H19N3O2/c1-3-4-5-6-16(22)19-15-10-9-14(11-12(15)2)18-20-17(21-23-18)13-7-8-13/h1,9-11,13H,4-8H2,2H3,(H,19,22). The van der Waals surface area contributed by atoms with Crippen LogP contribution in [-0.4, -0.2) is 16.0 Å². The van der Waals surface area contributed by atoms with Crippen molar-refractivity contribution in [1.82, 2.24) is 10.1 Å². The number of benzene rings is 1. The number of hydrogen-bond acceptors (Lipinski definition) is 4. The third-order valence-electron chi connectivity index (χ3n) is 3.86. The van der Waals surface area contributed by atoms with Crippen LogP contribution in [0.2, 0.25) is 0 Å². The molecule has 1 aliphatic carbocycles. The van der Waals surface area contributed by atoms with E-state index in [1.165, 1.54) is 0 Å². The molecule has 0 unspecified atom stereocenters. The fraction of sp³-hybridized carbons (Fsp3) is 0.389. The van der Waals surface area contributed by atoms with Crippen LogP contribution in [0.4, 0.5) is 5.69 Å². The van der Waals surface area contributed by atoms with Crippen LogP contribution in [0.5, 0.6) is 0 Å². The minimum Gasteiger partial charge on any atom is -0.334 e. The number of unbranched alkanes of at least 4 members (excludes halogenated alkanes) is 1. The number of hydrogen-bond donors (Lipinski definition) is 1. The Hall–Kier alpha value is -2.61. The second kappa shape index (κ2) is 6.66. The van der Waals surface area contributed by atoms with Crippen LogP contribution in [0.15, 0.2) is 22.7 Å². The summed E-state index contributed by atoms with van der Waals surface area (Å²) in [6, 6.07) is 5.69. The van der Waals surface area contributed by atoms with Crippen molar-refractivity contribution in [2.24, 2.45) is 0 Å². The average Bonchev–Trinajstić information content (AvgIpc) is 3.27. The molecule has 0 radical (unpaired) electrons. The second-order valence-electron chi connectivity index (χ2n) is 5.87. The van der Waals surface area contributed by atoms with Gasteiger partial charge < -0.3 is 9.84 Å². The number of carbonyl (C=O) groups is 1. The molecule has 1 aromatic heterocycles. The lowest BCUT2D eigenvalue weighted by molar-refractivity contribution is -0.116. The Morgan fingerprint density at radius 3 is 3.00 bits per heavy atom. The Balaban J connectivity index is 1.67. The Morgan fingerprint density at radius 2 is 2.30 bits per heavy atom. The topological polar surface area (TPSA) is 68.0 Å². The van der Waals surface area contributed by atoms with Crippen molar-refractivity contribution in [3.8, 4) is 23.8 Å². The molecule has 0 aliphatic heterocycles. The quantitative estimate of drug-likeness (QED) is 0.653. The van der Waals surface area contributed by atoms with Gasteiger partial charge in [-0.1, -0.05) is 5.16 Å². The van der Waals surface area contributed by atoms with Gasteiger partial charge in [-0.05, 0) is 49.9 Å². The molecule has 0 saturated heterocycles. The lowest BCUT2D eigenvalue weighted by Gasteiger charge is -2.08. The minimum atomic E-state index is -0.0232. The van der Waals surface area contributed by atoms with Gasteiger partial charge in [-0.25, -0.2) is 0 Å². The maximum absolute atomic E-state index is 11.9. The van der Waals surface area contributed by atoms with Gasteiger partial charge >= 0.3 is 0 Å². The Bertz CT molecular complexity index is 754. The van der Waals surface area contributed by atoms with Crippen LogP contribution in [-0.2, 0) is 4.79 Å². The third kappa shape index (κ3) is 3.78. The molecule has 118 valence electrons. The zero-order valence-electron chi connectivity index (χ0n) is 13.1. The summed E-state index contributed by atoms with van der Waals surface area (Å²) in [5, 5.41) is 6.93. The van der Waals surface area contributed by atoms with Crippen molar-refractivity contribution >= 4 is 11.6 Å². The first-order chi connectivity index (χ1) is 11.2. The maximum Gasteiger partial charge on any atom is 0.257 e. The Labute approximate surface area is 135 Å². The fourth-order valence-corrected chi connectivity index (χ4v) is 2.36. The number of aromatic nitrogens is 2. The monoisotopic (exact) mass is 309 g/mol. The zero-order valence-corrected chi connectivity index (χ0v) is 13.1. The summed E-state index contributed by atoms with van der Waals surface area (Å²) in [5.41, 5.74) is 2.62. The van der Waals surface area contributed by atoms with E-state index in [-0.39, 0.29) is 5.91 Å². The first-order valence-corrected chi connectivity index (χ1v) is 7.85. The van der Waals surface area contributed by atoms with Crippen molar-refractivity contribution in [2.75, 3.05) is 5.32 Å². The highest BCUT2D eigenvalue weighted by molar-refractivity contribution is 5.91. The predicted molar refractivity (Wildman–Crippen MR) is 87.8 cm³/mol. The molecule has 1 aliphatic rings. The summed E-state index contributed by atoms with van der Waals surface area (Å²) in [5.74, 6) is 4.30. The van der Waals surface area contributed by atoms with Crippen molar-refractivity contribution < 1.29 is 9.32 Å². The molecular formula is C18H19N3O2. The van der Waals surface area contributed by atoms with Crippen LogP contribution >= 0.6 is 0 Å². The number of aryl methyl sites for hydroxylation is 1. The largest absolute Gasteiger partial charge is 0.334 e. The molecule has 5 heteroatoms. The van der Waals surface area contributed by atoms with E-state index in [1.807, 2.05) is 25.1 Å². The molecule has 1 amide bonds. The van der Waals surface area contributed by atoms with E-state index in [9.17, 15) is 4.79 Å². The zero-order chi connectivity index (χ0) is 16.2. The van der Waals surface area contributed by atoms with E-state index in [0.29, 0.717) is 31.1 Å². The second-order valence-corrected chi connectivity index (χ2v) is 5.87. The Morgan fingerprint density at radius 1 is 1.48 bits per heavy atom. The summed E-state index contributed by atoms with van der Waals surface area (Å²) in [6.45, 7) is 1.94. The molecule has 0 spiro atoms. The highest BCUT2D eigenvalue weighted by Crippen LogP contribution is 2.39. The predicted octanol–water partition coefficient (Wildman–Crippen LogP) is 3.66. The van der Waals surface area contributed by atoms with E-state index < -0.39 is 0 Å². The highest BCUT2D eigenvalue weighted by Gasteiger charge is 2.29. The maximum atomic E-state index is 11.9. The van der Waals surface area contributed by atoms with E-state index in [4.69, 9.17) is 10.9 Å². The molecule has 1 saturated carbocycles. The van der Waals surface area contributed by atoms with Gasteiger partial charge in [0.05, 0.1) is 0 Å². The number of carbonyl (C=O) groups excluding carboxylic acids is 1. The number of nitrogens with one attached hydrogen (secondary N) is 1. The molecule has 1 fully saturated rings. The number of anilines is 1. The van der Waals surface area contributed by atoms with Crippen molar-refractivity contribution in [2.45, 2.75) is 44.9 Å². The fourth-order valence-electron chi connectivity index (χ4n) is 2.36. The smallest absolute Gasteiger partial charge is 0.257 e. The van der Waals surface area contributed by atoms with Crippen LogP contribution in [0, 0.1) is 19.3 Å². The van der Waals surface area contributed by atoms with Crippen LogP contribution < -0.4 is 5.32 Å². The van der Waals surface area contributed by atoms with Gasteiger partial charge in [0.1, 0.15) is 0 Å². The highest BCUT2D eigenvalue weighted by atomic mass is 16.5. The first-order valence-electron chi connectivity index (χ1n) is 7.85. The van der Waals surface area contributed by atoms with Gasteiger partial charge in [0.15, 0.2) is 5.82 Å². The molecule has 0 bridgehead atoms. The van der Waals surface area contributed by atoms with Crippen LogP contribution in [0.1, 0.15) is 49.4 Å². The van der Waals surface area contributed by atoms with E-state index in [0.717, 1.165) is 35.5 Å². The summed E-state index contributed by atoms with van der Waals surface area (Å²) in [4.78, 5) is 16.3. The van der Waals surface area contributed by atoms with E-state index >= 15 is 0 Å². The van der Waals surface area contributed by atoms with Crippen LogP contribution in [0.25, 0.3) is 11.5 Å². The van der Waals surface area contributed by atoms with Crippen LogP contribution in [0.3, 0.4) is 0 Å². The molecule has 1 heterocycles. The Kier molecular flexibility index (Phi) is 4.42. The molecule has 1 N–H and O–H groups in total. The molecular weight excluding hydrogens is 290 g/mol. The normalized spacial score (nSPS) is 13.6.